The molecule has 1 fully saturated rings. The Labute approximate surface area is 197 Å². The minimum Gasteiger partial charge on any atom is -0.508 e. The van der Waals surface area contributed by atoms with E-state index < -0.39 is 5.78 Å². The Balaban J connectivity index is 1.39. The van der Waals surface area contributed by atoms with E-state index >= 15 is 0 Å². The Kier molecular flexibility index (Phi) is 6.17. The van der Waals surface area contributed by atoms with Gasteiger partial charge in [-0.15, -0.1) is 0 Å². The molecule has 2 N–H and O–H groups in total. The lowest BCUT2D eigenvalue weighted by atomic mass is 10.1. The summed E-state index contributed by atoms with van der Waals surface area (Å²) in [4.78, 5) is 15.3. The van der Waals surface area contributed by atoms with Gasteiger partial charge in [-0.1, -0.05) is 0 Å². The number of phenols is 2. The number of hydrogen-bond donors (Lipinski definition) is 2. The van der Waals surface area contributed by atoms with Gasteiger partial charge in [0.25, 0.3) is 0 Å². The summed E-state index contributed by atoms with van der Waals surface area (Å²) in [6.07, 6.45) is 5.82. The first-order valence-corrected chi connectivity index (χ1v) is 11.5. The van der Waals surface area contributed by atoms with Crippen molar-refractivity contribution in [3.05, 3.63) is 53.4 Å². The maximum Gasteiger partial charge on any atom is 0.235 e. The van der Waals surface area contributed by atoms with Gasteiger partial charge in [-0.25, -0.2) is 0 Å². The summed E-state index contributed by atoms with van der Waals surface area (Å²) in [7, 11) is 1.62. The minimum atomic E-state index is -0.415. The smallest absolute Gasteiger partial charge is 0.235 e. The van der Waals surface area contributed by atoms with Gasteiger partial charge in [0.05, 0.1) is 20.3 Å². The van der Waals surface area contributed by atoms with Crippen LogP contribution in [0.2, 0.25) is 0 Å². The second-order valence-corrected chi connectivity index (χ2v) is 8.60. The molecule has 178 valence electrons. The third-order valence-electron chi connectivity index (χ3n) is 6.37. The molecule has 8 nitrogen and oxygen atoms in total. The van der Waals surface area contributed by atoms with Crippen molar-refractivity contribution in [2.45, 2.75) is 19.4 Å². The molecule has 0 spiro atoms. The van der Waals surface area contributed by atoms with Crippen molar-refractivity contribution in [3.63, 3.8) is 0 Å². The second-order valence-electron chi connectivity index (χ2n) is 8.60. The molecule has 0 radical (unpaired) electrons. The van der Waals surface area contributed by atoms with E-state index in [1.165, 1.54) is 6.07 Å². The van der Waals surface area contributed by atoms with Gasteiger partial charge in [-0.05, 0) is 43.7 Å². The van der Waals surface area contributed by atoms with Gasteiger partial charge in [0, 0.05) is 54.4 Å². The molecule has 2 aliphatic heterocycles. The second kappa shape index (κ2) is 9.40. The van der Waals surface area contributed by atoms with E-state index in [4.69, 9.17) is 14.2 Å². The SMILES string of the molecule is COc1ccc2c(c1)c(C=C1Oc3cc(O)cc(O)c3C1=O)cn2CCCCN1CCOCC1. The molecule has 2 aliphatic rings. The van der Waals surface area contributed by atoms with Gasteiger partial charge in [0.15, 0.2) is 5.76 Å². The lowest BCUT2D eigenvalue weighted by Gasteiger charge is -2.26. The van der Waals surface area contributed by atoms with Crippen LogP contribution in [0.5, 0.6) is 23.0 Å². The quantitative estimate of drug-likeness (QED) is 0.406. The molecule has 3 aromatic rings. The molecule has 3 heterocycles. The van der Waals surface area contributed by atoms with E-state index in [1.54, 1.807) is 13.2 Å². The number of ether oxygens (including phenoxy) is 3. The topological polar surface area (TPSA) is 93.4 Å². The fraction of sp³-hybridized carbons (Fsp3) is 0.346. The zero-order valence-electron chi connectivity index (χ0n) is 19.1. The molecule has 8 heteroatoms. The maximum atomic E-state index is 12.9. The standard InChI is InChI=1S/C26H28N2O6/c1-32-19-4-5-21-20(15-19)17(16-28(21)7-3-2-6-27-8-10-33-11-9-27)12-24-26(31)25-22(30)13-18(29)14-23(25)34-24/h4-5,12-16,29-30H,2-3,6-11H2,1H3. The summed E-state index contributed by atoms with van der Waals surface area (Å²) in [5.74, 6) is 0.100. The molecule has 0 unspecified atom stereocenters. The molecule has 34 heavy (non-hydrogen) atoms. The number of carbonyl (C=O) groups excluding carboxylic acids is 1. The minimum absolute atomic E-state index is 0.0634. The highest BCUT2D eigenvalue weighted by atomic mass is 16.5. The number of methoxy groups -OCH3 is 1. The largest absolute Gasteiger partial charge is 0.508 e. The van der Waals surface area contributed by atoms with Crippen molar-refractivity contribution >= 4 is 22.8 Å². The predicted molar refractivity (Wildman–Crippen MR) is 128 cm³/mol. The summed E-state index contributed by atoms with van der Waals surface area (Å²) in [6, 6.07) is 8.36. The number of morpholine rings is 1. The van der Waals surface area contributed by atoms with Crippen molar-refractivity contribution in [1.29, 1.82) is 0 Å². The van der Waals surface area contributed by atoms with E-state index in [2.05, 4.69) is 9.47 Å². The van der Waals surface area contributed by atoms with Crippen molar-refractivity contribution in [3.8, 4) is 23.0 Å². The van der Waals surface area contributed by atoms with Crippen LogP contribution in [0.3, 0.4) is 0 Å². The number of carbonyl (C=O) groups is 1. The van der Waals surface area contributed by atoms with Crippen LogP contribution in [0.25, 0.3) is 17.0 Å². The molecular formula is C26H28N2O6. The zero-order chi connectivity index (χ0) is 23.7. The van der Waals surface area contributed by atoms with Crippen molar-refractivity contribution < 1.29 is 29.2 Å². The molecule has 5 rings (SSSR count). The fourth-order valence-corrected chi connectivity index (χ4v) is 4.59. The molecule has 0 saturated carbocycles. The first kappa shape index (κ1) is 22.3. The van der Waals surface area contributed by atoms with Crippen molar-refractivity contribution in [2.75, 3.05) is 40.0 Å². The summed E-state index contributed by atoms with van der Waals surface area (Å²) in [6.45, 7) is 5.51. The van der Waals surface area contributed by atoms with Crippen LogP contribution in [0.1, 0.15) is 28.8 Å². The van der Waals surface area contributed by atoms with Crippen LogP contribution in [0.15, 0.2) is 42.3 Å². The normalized spacial score (nSPS) is 17.3. The van der Waals surface area contributed by atoms with Gasteiger partial charge >= 0.3 is 0 Å². The number of unbranched alkanes of at least 4 members (excludes halogenated alkanes) is 1. The number of fused-ring (bicyclic) bond motifs is 2. The monoisotopic (exact) mass is 464 g/mol. The molecule has 2 aromatic carbocycles. The first-order chi connectivity index (χ1) is 16.5. The summed E-state index contributed by atoms with van der Waals surface area (Å²) in [5, 5.41) is 20.8. The number of hydrogen-bond acceptors (Lipinski definition) is 7. The number of Topliss-reactive ketones (excluding diaryl/α,β-unsaturated/α-hetero) is 1. The van der Waals surface area contributed by atoms with Crippen LogP contribution in [-0.4, -0.2) is 65.4 Å². The van der Waals surface area contributed by atoms with Crippen molar-refractivity contribution in [2.24, 2.45) is 0 Å². The highest BCUT2D eigenvalue weighted by Gasteiger charge is 2.31. The molecule has 0 bridgehead atoms. The lowest BCUT2D eigenvalue weighted by molar-refractivity contribution is 0.0371. The Morgan fingerprint density at radius 2 is 1.88 bits per heavy atom. The van der Waals surface area contributed by atoms with Crippen LogP contribution < -0.4 is 9.47 Å². The number of benzene rings is 2. The highest BCUT2D eigenvalue weighted by Crippen LogP contribution is 2.41. The van der Waals surface area contributed by atoms with Crippen molar-refractivity contribution in [1.82, 2.24) is 9.47 Å². The summed E-state index contributed by atoms with van der Waals surface area (Å²) in [5.41, 5.74) is 1.93. The molecular weight excluding hydrogens is 436 g/mol. The average Bonchev–Trinajstić information content (AvgIpc) is 3.34. The van der Waals surface area contributed by atoms with E-state index in [-0.39, 0.29) is 28.6 Å². The predicted octanol–water partition coefficient (Wildman–Crippen LogP) is 3.79. The highest BCUT2D eigenvalue weighted by molar-refractivity contribution is 6.16. The van der Waals surface area contributed by atoms with Gasteiger partial charge in [-0.2, -0.15) is 0 Å². The number of aromatic nitrogens is 1. The third-order valence-corrected chi connectivity index (χ3v) is 6.37. The molecule has 0 atom stereocenters. The molecule has 1 saturated heterocycles. The number of aryl methyl sites for hydroxylation is 1. The summed E-state index contributed by atoms with van der Waals surface area (Å²) >= 11 is 0. The van der Waals surface area contributed by atoms with Crippen LogP contribution >= 0.6 is 0 Å². The number of nitrogens with zero attached hydrogens (tertiary/aromatic N) is 2. The van der Waals surface area contributed by atoms with E-state index in [1.807, 2.05) is 24.4 Å². The Bertz CT molecular complexity index is 1260. The maximum absolute atomic E-state index is 12.9. The zero-order valence-corrected chi connectivity index (χ0v) is 19.1. The Hall–Kier alpha value is -3.49. The third kappa shape index (κ3) is 4.34. The Morgan fingerprint density at radius 1 is 1.09 bits per heavy atom. The first-order valence-electron chi connectivity index (χ1n) is 11.5. The van der Waals surface area contributed by atoms with Gasteiger partial charge in [0.1, 0.15) is 28.6 Å². The van der Waals surface area contributed by atoms with E-state index in [0.29, 0.717) is 0 Å². The van der Waals surface area contributed by atoms with Crippen LogP contribution in [0, 0.1) is 0 Å². The van der Waals surface area contributed by atoms with Crippen LogP contribution in [0.4, 0.5) is 0 Å². The summed E-state index contributed by atoms with van der Waals surface area (Å²) < 4.78 is 18.7. The van der Waals surface area contributed by atoms with E-state index in [9.17, 15) is 15.0 Å². The average molecular weight is 465 g/mol. The lowest BCUT2D eigenvalue weighted by Crippen LogP contribution is -2.36. The van der Waals surface area contributed by atoms with Gasteiger partial charge in [0.2, 0.25) is 5.78 Å². The van der Waals surface area contributed by atoms with Gasteiger partial charge in [-0.3, -0.25) is 9.69 Å². The number of allylic oxidation sites excluding steroid dienone is 1. The number of rotatable bonds is 7. The molecule has 0 amide bonds. The van der Waals surface area contributed by atoms with E-state index in [0.717, 1.165) is 80.5 Å². The Morgan fingerprint density at radius 3 is 2.68 bits per heavy atom. The fourth-order valence-electron chi connectivity index (χ4n) is 4.59. The number of aromatic hydroxyl groups is 2. The molecule has 0 aliphatic carbocycles. The van der Waals surface area contributed by atoms with Crippen LogP contribution in [-0.2, 0) is 11.3 Å². The van der Waals surface area contributed by atoms with Gasteiger partial charge < -0.3 is 29.0 Å². The number of phenolic OH excluding ortho intramolecular Hbond substituents is 2. The molecule has 1 aromatic heterocycles. The number of ketones is 1.